The van der Waals surface area contributed by atoms with E-state index in [4.69, 9.17) is 5.10 Å². The molecule has 4 rings (SSSR count). The van der Waals surface area contributed by atoms with E-state index < -0.39 is 5.23 Å². The summed E-state index contributed by atoms with van der Waals surface area (Å²) in [5.74, 6) is 0.812. The summed E-state index contributed by atoms with van der Waals surface area (Å²) in [6, 6.07) is 16.2. The zero-order valence-corrected chi connectivity index (χ0v) is 19.2. The second kappa shape index (κ2) is 9.38. The van der Waals surface area contributed by atoms with Crippen LogP contribution in [0.1, 0.15) is 60.2 Å². The van der Waals surface area contributed by atoms with Crippen molar-refractivity contribution in [2.75, 3.05) is 0 Å². The average Bonchev–Trinajstić information content (AvgIpc) is 3.35. The standard InChI is InChI=1S/C26H32N4O2/c1-17(2)21-11-9-20(10-12-21)16-27-23-14-13-22(15-23)26-18(3)28-29(19(26)4)24-7-5-6-8-25(24)30(31)32/h5-14,17,22-23,27,30-31H,15-16H2,1-4H3/t22-,23-/m1/s1. The van der Waals surface area contributed by atoms with Gasteiger partial charge in [0.15, 0.2) is 5.69 Å². The zero-order valence-electron chi connectivity index (χ0n) is 19.2. The van der Waals surface area contributed by atoms with Crippen LogP contribution in [-0.4, -0.2) is 21.0 Å². The van der Waals surface area contributed by atoms with Crippen molar-refractivity contribution in [2.45, 2.75) is 58.5 Å². The number of aromatic nitrogens is 2. The molecule has 0 amide bonds. The van der Waals surface area contributed by atoms with Crippen molar-refractivity contribution in [1.82, 2.24) is 15.1 Å². The van der Waals surface area contributed by atoms with E-state index in [0.29, 0.717) is 17.6 Å². The summed E-state index contributed by atoms with van der Waals surface area (Å²) in [5, 5.41) is 28.7. The molecule has 1 aromatic heterocycles. The fourth-order valence-electron chi connectivity index (χ4n) is 4.60. The predicted octanol–water partition coefficient (Wildman–Crippen LogP) is 4.22. The minimum Gasteiger partial charge on any atom is -0.595 e. The number of hydrogen-bond acceptors (Lipinski definition) is 4. The first-order chi connectivity index (χ1) is 15.3. The Morgan fingerprint density at radius 2 is 1.84 bits per heavy atom. The van der Waals surface area contributed by atoms with Gasteiger partial charge in [0.1, 0.15) is 5.69 Å². The van der Waals surface area contributed by atoms with Crippen LogP contribution in [0.15, 0.2) is 60.7 Å². The Hall–Kier alpha value is -2.77. The van der Waals surface area contributed by atoms with Crippen molar-refractivity contribution in [2.24, 2.45) is 0 Å². The Morgan fingerprint density at radius 3 is 2.53 bits per heavy atom. The van der Waals surface area contributed by atoms with E-state index in [0.717, 1.165) is 24.4 Å². The molecule has 3 N–H and O–H groups in total. The summed E-state index contributed by atoms with van der Waals surface area (Å²) >= 11 is 0. The summed E-state index contributed by atoms with van der Waals surface area (Å²) in [6.07, 6.45) is 5.47. The van der Waals surface area contributed by atoms with Crippen molar-refractivity contribution < 1.29 is 10.4 Å². The number of allylic oxidation sites excluding steroid dienone is 1. The molecule has 0 saturated heterocycles. The number of nitrogens with one attached hydrogen (secondary N) is 2. The molecule has 6 heteroatoms. The van der Waals surface area contributed by atoms with Gasteiger partial charge in [-0.1, -0.05) is 62.4 Å². The number of nitrogens with zero attached hydrogens (tertiary/aromatic N) is 2. The monoisotopic (exact) mass is 432 g/mol. The third-order valence-electron chi connectivity index (χ3n) is 6.38. The van der Waals surface area contributed by atoms with E-state index in [1.807, 2.05) is 26.0 Å². The van der Waals surface area contributed by atoms with Gasteiger partial charge in [0, 0.05) is 35.8 Å². The van der Waals surface area contributed by atoms with Crippen molar-refractivity contribution in [3.63, 3.8) is 0 Å². The van der Waals surface area contributed by atoms with Gasteiger partial charge in [-0.15, -0.1) is 0 Å². The third kappa shape index (κ3) is 4.54. The maximum Gasteiger partial charge on any atom is 0.189 e. The largest absolute Gasteiger partial charge is 0.595 e. The molecule has 0 spiro atoms. The van der Waals surface area contributed by atoms with Crippen molar-refractivity contribution in [3.05, 3.63) is 94.0 Å². The first-order valence-electron chi connectivity index (χ1n) is 11.2. The minimum atomic E-state index is -0.943. The lowest BCUT2D eigenvalue weighted by Gasteiger charge is -2.17. The molecule has 168 valence electrons. The number of aryl methyl sites for hydroxylation is 1. The Labute approximate surface area is 189 Å². The van der Waals surface area contributed by atoms with Crippen molar-refractivity contribution in [1.29, 1.82) is 0 Å². The van der Waals surface area contributed by atoms with Gasteiger partial charge in [0.2, 0.25) is 0 Å². The van der Waals surface area contributed by atoms with Crippen LogP contribution >= 0.6 is 0 Å². The number of quaternary nitrogens is 1. The molecule has 0 aliphatic heterocycles. The van der Waals surface area contributed by atoms with Gasteiger partial charge >= 0.3 is 0 Å². The summed E-state index contributed by atoms with van der Waals surface area (Å²) in [5.41, 5.74) is 6.65. The van der Waals surface area contributed by atoms with Gasteiger partial charge in [0.25, 0.3) is 0 Å². The average molecular weight is 433 g/mol. The van der Waals surface area contributed by atoms with E-state index in [2.05, 4.69) is 55.6 Å². The quantitative estimate of drug-likeness (QED) is 0.386. The Kier molecular flexibility index (Phi) is 6.58. The highest BCUT2D eigenvalue weighted by Crippen LogP contribution is 2.34. The van der Waals surface area contributed by atoms with Gasteiger partial charge < -0.3 is 10.5 Å². The Balaban J connectivity index is 1.46. The first kappa shape index (κ1) is 22.4. The predicted molar refractivity (Wildman–Crippen MR) is 126 cm³/mol. The van der Waals surface area contributed by atoms with Crippen LogP contribution in [0.2, 0.25) is 0 Å². The van der Waals surface area contributed by atoms with Crippen molar-refractivity contribution >= 4 is 5.69 Å². The molecule has 3 atom stereocenters. The van der Waals surface area contributed by atoms with Crippen LogP contribution < -0.4 is 10.5 Å². The number of benzene rings is 2. The molecule has 1 heterocycles. The van der Waals surface area contributed by atoms with E-state index in [-0.39, 0.29) is 11.6 Å². The highest BCUT2D eigenvalue weighted by atomic mass is 16.8. The molecule has 0 radical (unpaired) electrons. The summed E-state index contributed by atoms with van der Waals surface area (Å²) in [4.78, 5) is 0. The van der Waals surface area contributed by atoms with Gasteiger partial charge in [-0.05, 0) is 43.4 Å². The van der Waals surface area contributed by atoms with Crippen LogP contribution in [0.5, 0.6) is 0 Å². The maximum atomic E-state index is 11.7. The van der Waals surface area contributed by atoms with E-state index >= 15 is 0 Å². The minimum absolute atomic E-state index is 0.259. The molecule has 6 nitrogen and oxygen atoms in total. The Morgan fingerprint density at radius 1 is 1.12 bits per heavy atom. The lowest BCUT2D eigenvalue weighted by atomic mass is 9.95. The smallest absolute Gasteiger partial charge is 0.189 e. The Bertz CT molecular complexity index is 1100. The molecule has 2 aromatic carbocycles. The van der Waals surface area contributed by atoms with Crippen LogP contribution in [0.3, 0.4) is 0 Å². The van der Waals surface area contributed by atoms with Crippen molar-refractivity contribution in [3.8, 4) is 5.69 Å². The molecule has 3 aromatic rings. The molecule has 32 heavy (non-hydrogen) atoms. The molecular weight excluding hydrogens is 400 g/mol. The zero-order chi connectivity index (χ0) is 22.8. The fourth-order valence-corrected chi connectivity index (χ4v) is 4.60. The summed E-state index contributed by atoms with van der Waals surface area (Å²) < 4.78 is 1.78. The molecule has 0 bridgehead atoms. The SMILES string of the molecule is Cc1nn(-c2ccccc2[NH+]([O-])O)c(C)c1[C@@H]1C=C[C@@H](NCc2ccc(C(C)C)cc2)C1. The third-order valence-corrected chi connectivity index (χ3v) is 6.38. The second-order valence-corrected chi connectivity index (χ2v) is 8.93. The molecule has 1 aliphatic carbocycles. The van der Waals surface area contributed by atoms with E-state index in [1.54, 1.807) is 16.8 Å². The second-order valence-electron chi connectivity index (χ2n) is 8.93. The normalized spacial score (nSPS) is 19.1. The molecular formula is C26H32N4O2. The van der Waals surface area contributed by atoms with Gasteiger partial charge in [0.05, 0.1) is 5.69 Å². The highest BCUT2D eigenvalue weighted by molar-refractivity contribution is 5.53. The van der Waals surface area contributed by atoms with Crippen LogP contribution in [0, 0.1) is 19.1 Å². The maximum absolute atomic E-state index is 11.7. The van der Waals surface area contributed by atoms with Crippen LogP contribution in [0.25, 0.3) is 5.69 Å². The number of hydrogen-bond donors (Lipinski definition) is 3. The molecule has 0 saturated carbocycles. The molecule has 1 unspecified atom stereocenters. The van der Waals surface area contributed by atoms with Gasteiger partial charge in [-0.3, -0.25) is 0 Å². The fraction of sp³-hybridized carbons (Fsp3) is 0.346. The number of rotatable bonds is 7. The summed E-state index contributed by atoms with van der Waals surface area (Å²) in [6.45, 7) is 9.29. The first-order valence-corrected chi connectivity index (χ1v) is 11.2. The van der Waals surface area contributed by atoms with E-state index in [9.17, 15) is 10.4 Å². The van der Waals surface area contributed by atoms with E-state index in [1.165, 1.54) is 16.7 Å². The van der Waals surface area contributed by atoms with Crippen LogP contribution in [-0.2, 0) is 6.54 Å². The highest BCUT2D eigenvalue weighted by Gasteiger charge is 2.27. The topological polar surface area (TPSA) is 77.6 Å². The van der Waals surface area contributed by atoms with Crippen LogP contribution in [0.4, 0.5) is 5.69 Å². The lowest BCUT2D eigenvalue weighted by molar-refractivity contribution is -0.991. The molecule has 1 aliphatic rings. The summed E-state index contributed by atoms with van der Waals surface area (Å²) in [7, 11) is 0. The van der Waals surface area contributed by atoms with Gasteiger partial charge in [-0.2, -0.15) is 10.3 Å². The molecule has 0 fully saturated rings. The number of para-hydroxylation sites is 2. The van der Waals surface area contributed by atoms with Gasteiger partial charge in [-0.25, -0.2) is 9.89 Å². The lowest BCUT2D eigenvalue weighted by Crippen LogP contribution is -2.99.